The molecule has 3 heteroatoms. The molecule has 2 aromatic carbocycles. The predicted octanol–water partition coefficient (Wildman–Crippen LogP) is 3.35. The van der Waals surface area contributed by atoms with Crippen molar-refractivity contribution in [3.05, 3.63) is 71.8 Å². The van der Waals surface area contributed by atoms with E-state index in [2.05, 4.69) is 11.4 Å². The molecule has 0 spiro atoms. The molecule has 0 heterocycles. The number of hydrogen-bond donors (Lipinski definition) is 1. The minimum absolute atomic E-state index is 0.163. The van der Waals surface area contributed by atoms with Crippen LogP contribution in [0.1, 0.15) is 31.0 Å². The van der Waals surface area contributed by atoms with Crippen LogP contribution in [0.5, 0.6) is 0 Å². The number of amides is 1. The topological polar surface area (TPSA) is 52.9 Å². The zero-order valence-electron chi connectivity index (χ0n) is 12.2. The SMILES string of the molecule is CC(C)(C(=O)NC(C#N)c1ccccc1)c1ccccc1. The highest BCUT2D eigenvalue weighted by atomic mass is 16.2. The number of nitrogens with one attached hydrogen (secondary N) is 1. The van der Waals surface area contributed by atoms with Gasteiger partial charge < -0.3 is 5.32 Å². The van der Waals surface area contributed by atoms with Crippen LogP contribution in [0, 0.1) is 11.3 Å². The molecule has 0 aromatic heterocycles. The lowest BCUT2D eigenvalue weighted by Gasteiger charge is -2.25. The van der Waals surface area contributed by atoms with E-state index in [1.165, 1.54) is 0 Å². The minimum Gasteiger partial charge on any atom is -0.336 e. The van der Waals surface area contributed by atoms with Gasteiger partial charge >= 0.3 is 0 Å². The number of carbonyl (C=O) groups excluding carboxylic acids is 1. The van der Waals surface area contributed by atoms with E-state index in [1.807, 2.05) is 74.5 Å². The lowest BCUT2D eigenvalue weighted by atomic mass is 9.83. The standard InChI is InChI=1S/C18H18N2O/c1-18(2,15-11-7-4-8-12-15)17(21)20-16(13-19)14-9-5-3-6-10-14/h3-12,16H,1-2H3,(H,20,21). The molecule has 0 aliphatic rings. The van der Waals surface area contributed by atoms with E-state index in [4.69, 9.17) is 0 Å². The van der Waals surface area contributed by atoms with Crippen LogP contribution in [0.3, 0.4) is 0 Å². The van der Waals surface area contributed by atoms with E-state index in [1.54, 1.807) is 0 Å². The fourth-order valence-electron chi connectivity index (χ4n) is 2.13. The van der Waals surface area contributed by atoms with Crippen LogP contribution < -0.4 is 5.32 Å². The van der Waals surface area contributed by atoms with Gasteiger partial charge in [-0.1, -0.05) is 60.7 Å². The quantitative estimate of drug-likeness (QED) is 0.932. The summed E-state index contributed by atoms with van der Waals surface area (Å²) in [6.07, 6.45) is 0. The number of carbonyl (C=O) groups is 1. The van der Waals surface area contributed by atoms with Crippen molar-refractivity contribution in [3.63, 3.8) is 0 Å². The molecule has 3 nitrogen and oxygen atoms in total. The maximum atomic E-state index is 12.5. The Balaban J connectivity index is 2.19. The second kappa shape index (κ2) is 6.23. The van der Waals surface area contributed by atoms with Crippen molar-refractivity contribution in [2.45, 2.75) is 25.3 Å². The molecule has 0 saturated heterocycles. The number of nitriles is 1. The zero-order chi connectivity index (χ0) is 15.3. The Bertz CT molecular complexity index is 642. The largest absolute Gasteiger partial charge is 0.336 e. The molecular weight excluding hydrogens is 260 g/mol. The van der Waals surface area contributed by atoms with Crippen LogP contribution in [0.4, 0.5) is 0 Å². The van der Waals surface area contributed by atoms with Gasteiger partial charge in [-0.05, 0) is 25.0 Å². The van der Waals surface area contributed by atoms with Gasteiger partial charge in [-0.2, -0.15) is 5.26 Å². The molecular formula is C18H18N2O. The Morgan fingerprint density at radius 3 is 2.10 bits per heavy atom. The van der Waals surface area contributed by atoms with Gasteiger partial charge in [0.1, 0.15) is 6.04 Å². The summed E-state index contributed by atoms with van der Waals surface area (Å²) in [5, 5.41) is 12.1. The Morgan fingerprint density at radius 2 is 1.57 bits per heavy atom. The molecule has 1 unspecified atom stereocenters. The second-order valence-electron chi connectivity index (χ2n) is 5.44. The van der Waals surface area contributed by atoms with E-state index in [0.29, 0.717) is 0 Å². The van der Waals surface area contributed by atoms with Gasteiger partial charge in [-0.25, -0.2) is 0 Å². The summed E-state index contributed by atoms with van der Waals surface area (Å²) in [6.45, 7) is 3.72. The second-order valence-corrected chi connectivity index (χ2v) is 5.44. The van der Waals surface area contributed by atoms with E-state index in [9.17, 15) is 10.1 Å². The summed E-state index contributed by atoms with van der Waals surface area (Å²) in [5.74, 6) is -0.163. The Kier molecular flexibility index (Phi) is 4.39. The molecule has 0 fully saturated rings. The number of rotatable bonds is 4. The van der Waals surface area contributed by atoms with E-state index in [0.717, 1.165) is 11.1 Å². The summed E-state index contributed by atoms with van der Waals surface area (Å²) in [6, 6.07) is 20.3. The lowest BCUT2D eigenvalue weighted by Crippen LogP contribution is -2.41. The maximum absolute atomic E-state index is 12.5. The number of benzene rings is 2. The third-order valence-electron chi connectivity index (χ3n) is 3.60. The summed E-state index contributed by atoms with van der Waals surface area (Å²) in [7, 11) is 0. The van der Waals surface area contributed by atoms with E-state index in [-0.39, 0.29) is 5.91 Å². The average Bonchev–Trinajstić information content (AvgIpc) is 2.54. The summed E-state index contributed by atoms with van der Waals surface area (Å²) in [4.78, 5) is 12.5. The fourth-order valence-corrected chi connectivity index (χ4v) is 2.13. The van der Waals surface area contributed by atoms with Crippen molar-refractivity contribution in [1.29, 1.82) is 5.26 Å². The van der Waals surface area contributed by atoms with Crippen LogP contribution in [0.25, 0.3) is 0 Å². The van der Waals surface area contributed by atoms with Crippen molar-refractivity contribution in [2.24, 2.45) is 0 Å². The van der Waals surface area contributed by atoms with Crippen molar-refractivity contribution < 1.29 is 4.79 Å². The summed E-state index contributed by atoms with van der Waals surface area (Å²) in [5.41, 5.74) is 1.02. The number of hydrogen-bond acceptors (Lipinski definition) is 2. The molecule has 1 amide bonds. The Hall–Kier alpha value is -2.60. The molecule has 1 atom stereocenters. The molecule has 1 N–H and O–H groups in total. The van der Waals surface area contributed by atoms with Gasteiger partial charge in [0, 0.05) is 0 Å². The predicted molar refractivity (Wildman–Crippen MR) is 82.4 cm³/mol. The van der Waals surface area contributed by atoms with Crippen LogP contribution in [-0.4, -0.2) is 5.91 Å². The van der Waals surface area contributed by atoms with Crippen LogP contribution in [-0.2, 0) is 10.2 Å². The highest BCUT2D eigenvalue weighted by Crippen LogP contribution is 2.24. The lowest BCUT2D eigenvalue weighted by molar-refractivity contribution is -0.126. The smallest absolute Gasteiger partial charge is 0.231 e. The van der Waals surface area contributed by atoms with Crippen molar-refractivity contribution in [3.8, 4) is 6.07 Å². The number of nitrogens with zero attached hydrogens (tertiary/aromatic N) is 1. The molecule has 0 saturated carbocycles. The van der Waals surface area contributed by atoms with Crippen LogP contribution >= 0.6 is 0 Å². The van der Waals surface area contributed by atoms with Gasteiger partial charge in [0.2, 0.25) is 5.91 Å². The molecule has 2 aromatic rings. The Labute approximate surface area is 125 Å². The third kappa shape index (κ3) is 3.29. The highest BCUT2D eigenvalue weighted by molar-refractivity contribution is 5.87. The Morgan fingerprint density at radius 1 is 1.05 bits per heavy atom. The molecule has 0 aliphatic heterocycles. The van der Waals surface area contributed by atoms with Crippen molar-refractivity contribution >= 4 is 5.91 Å². The molecule has 0 radical (unpaired) electrons. The first kappa shape index (κ1) is 14.8. The van der Waals surface area contributed by atoms with Gasteiger partial charge in [-0.3, -0.25) is 4.79 Å². The van der Waals surface area contributed by atoms with E-state index >= 15 is 0 Å². The first-order chi connectivity index (χ1) is 10.1. The zero-order valence-corrected chi connectivity index (χ0v) is 12.2. The average molecular weight is 278 g/mol. The van der Waals surface area contributed by atoms with Gasteiger partial charge in [-0.15, -0.1) is 0 Å². The monoisotopic (exact) mass is 278 g/mol. The van der Waals surface area contributed by atoms with Crippen molar-refractivity contribution in [1.82, 2.24) is 5.32 Å². The first-order valence-electron chi connectivity index (χ1n) is 6.87. The summed E-state index contributed by atoms with van der Waals surface area (Å²) < 4.78 is 0. The molecule has 2 rings (SSSR count). The summed E-state index contributed by atoms with van der Waals surface area (Å²) >= 11 is 0. The van der Waals surface area contributed by atoms with Gasteiger partial charge in [0.05, 0.1) is 11.5 Å². The maximum Gasteiger partial charge on any atom is 0.231 e. The van der Waals surface area contributed by atoms with Crippen LogP contribution in [0.2, 0.25) is 0 Å². The first-order valence-corrected chi connectivity index (χ1v) is 6.87. The molecule has 106 valence electrons. The van der Waals surface area contributed by atoms with Crippen molar-refractivity contribution in [2.75, 3.05) is 0 Å². The minimum atomic E-state index is -0.689. The van der Waals surface area contributed by atoms with Crippen LogP contribution in [0.15, 0.2) is 60.7 Å². The van der Waals surface area contributed by atoms with Gasteiger partial charge in [0.25, 0.3) is 0 Å². The molecule has 0 bridgehead atoms. The molecule has 0 aliphatic carbocycles. The van der Waals surface area contributed by atoms with Gasteiger partial charge in [0.15, 0.2) is 0 Å². The highest BCUT2D eigenvalue weighted by Gasteiger charge is 2.31. The normalized spacial score (nSPS) is 12.2. The molecule has 21 heavy (non-hydrogen) atoms. The van der Waals surface area contributed by atoms with E-state index < -0.39 is 11.5 Å². The third-order valence-corrected chi connectivity index (χ3v) is 3.60. The fraction of sp³-hybridized carbons (Fsp3) is 0.222.